The number of fused-ring (bicyclic) bond motifs is 1. The van der Waals surface area contributed by atoms with Gasteiger partial charge >= 0.3 is 0 Å². The first kappa shape index (κ1) is 26.2. The van der Waals surface area contributed by atoms with Gasteiger partial charge in [0.25, 0.3) is 5.78 Å². The number of likely N-dealkylation sites (N-methyl/N-ethyl adjacent to an activating group) is 1. The van der Waals surface area contributed by atoms with E-state index in [2.05, 4.69) is 35.2 Å². The summed E-state index contributed by atoms with van der Waals surface area (Å²) < 4.78 is 32.9. The number of halogens is 1. The van der Waals surface area contributed by atoms with Crippen LogP contribution in [0.2, 0.25) is 0 Å². The number of anilines is 3. The molecule has 212 valence electrons. The minimum atomic E-state index is -0.271. The number of piperazine rings is 1. The first-order valence-electron chi connectivity index (χ1n) is 13.4. The molecule has 2 aliphatic rings. The van der Waals surface area contributed by atoms with E-state index >= 15 is 0 Å². The van der Waals surface area contributed by atoms with Crippen molar-refractivity contribution in [1.82, 2.24) is 34.8 Å². The van der Waals surface area contributed by atoms with E-state index in [-0.39, 0.29) is 17.8 Å². The van der Waals surface area contributed by atoms with Gasteiger partial charge in [0, 0.05) is 58.9 Å². The normalized spacial score (nSPS) is 18.4. The highest BCUT2D eigenvalue weighted by Crippen LogP contribution is 2.25. The zero-order valence-corrected chi connectivity index (χ0v) is 22.4. The lowest BCUT2D eigenvalue weighted by molar-refractivity contribution is 0.0592. The number of benzene rings is 1. The van der Waals surface area contributed by atoms with Crippen LogP contribution in [0, 0.1) is 5.82 Å². The van der Waals surface area contributed by atoms with Gasteiger partial charge in [0.15, 0.2) is 5.76 Å². The number of aromatic nitrogens is 5. The van der Waals surface area contributed by atoms with E-state index in [4.69, 9.17) is 19.6 Å². The molecule has 2 aliphatic heterocycles. The molecule has 3 aromatic heterocycles. The molecule has 2 saturated heterocycles. The number of furan rings is 1. The third-order valence-corrected chi connectivity index (χ3v) is 7.14. The van der Waals surface area contributed by atoms with Gasteiger partial charge in [-0.25, -0.2) is 4.39 Å². The predicted octanol–water partition coefficient (Wildman–Crippen LogP) is 1.13. The fourth-order valence-electron chi connectivity index (χ4n) is 4.84. The van der Waals surface area contributed by atoms with Gasteiger partial charge in [-0.2, -0.15) is 19.5 Å². The molecular formula is C26H33FN10O3. The number of nitrogens with zero attached hydrogens (tertiary/aromatic N) is 8. The molecule has 6 rings (SSSR count). The van der Waals surface area contributed by atoms with Crippen LogP contribution in [0.4, 0.5) is 22.0 Å². The van der Waals surface area contributed by atoms with E-state index in [1.54, 1.807) is 24.5 Å². The second kappa shape index (κ2) is 11.6. The number of nitrogens with two attached hydrogens (primary N) is 1. The molecular weight excluding hydrogens is 519 g/mol. The first-order chi connectivity index (χ1) is 19.5. The molecule has 4 aromatic rings. The molecule has 0 aliphatic carbocycles. The first-order valence-corrected chi connectivity index (χ1v) is 13.4. The van der Waals surface area contributed by atoms with Crippen molar-refractivity contribution in [2.75, 3.05) is 88.2 Å². The Bertz CT molecular complexity index is 1420. The van der Waals surface area contributed by atoms with E-state index in [0.29, 0.717) is 61.1 Å². The molecule has 0 bridgehead atoms. The van der Waals surface area contributed by atoms with Crippen LogP contribution >= 0.6 is 0 Å². The molecule has 1 aromatic carbocycles. The minimum absolute atomic E-state index is 0.123. The molecule has 5 heterocycles. The molecule has 40 heavy (non-hydrogen) atoms. The standard InChI is InChI=1S/C26H33FN10O3/c1-34(25-31-24(28)37-26(32-25)30-23(33-37)22-3-2-13-39-22)7-8-35-9-11-36(12-10-35)21-5-4-19(15-20(21)27)40-17-18-16-38-14-6-29-18/h2-5,13,15,18,29H,6-12,14,16-17H2,1H3,(H2,28,30,31,32,33). The number of nitrogen functional groups attached to an aromatic ring is 1. The van der Waals surface area contributed by atoms with Crippen molar-refractivity contribution >= 4 is 23.4 Å². The van der Waals surface area contributed by atoms with E-state index < -0.39 is 0 Å². The minimum Gasteiger partial charge on any atom is -0.492 e. The fourth-order valence-corrected chi connectivity index (χ4v) is 4.84. The van der Waals surface area contributed by atoms with Gasteiger partial charge in [-0.15, -0.1) is 5.10 Å². The quantitative estimate of drug-likeness (QED) is 0.308. The van der Waals surface area contributed by atoms with Crippen LogP contribution in [0.5, 0.6) is 5.75 Å². The maximum absolute atomic E-state index is 14.9. The molecule has 1 unspecified atom stereocenters. The highest BCUT2D eigenvalue weighted by atomic mass is 19.1. The average molecular weight is 553 g/mol. The van der Waals surface area contributed by atoms with Crippen molar-refractivity contribution < 1.29 is 18.3 Å². The predicted molar refractivity (Wildman–Crippen MR) is 147 cm³/mol. The molecule has 13 nitrogen and oxygen atoms in total. The van der Waals surface area contributed by atoms with Crippen molar-refractivity contribution in [2.24, 2.45) is 0 Å². The summed E-state index contributed by atoms with van der Waals surface area (Å²) >= 11 is 0. The second-order valence-electron chi connectivity index (χ2n) is 9.91. The summed E-state index contributed by atoms with van der Waals surface area (Å²) in [5, 5.41) is 7.67. The van der Waals surface area contributed by atoms with E-state index in [9.17, 15) is 4.39 Å². The Morgan fingerprint density at radius 1 is 1.18 bits per heavy atom. The highest BCUT2D eigenvalue weighted by molar-refractivity contribution is 5.53. The highest BCUT2D eigenvalue weighted by Gasteiger charge is 2.22. The maximum Gasteiger partial charge on any atom is 0.259 e. The lowest BCUT2D eigenvalue weighted by Gasteiger charge is -2.36. The average Bonchev–Trinajstić information content (AvgIpc) is 3.67. The summed E-state index contributed by atoms with van der Waals surface area (Å²) in [4.78, 5) is 19.7. The van der Waals surface area contributed by atoms with Gasteiger partial charge in [0.1, 0.15) is 18.2 Å². The van der Waals surface area contributed by atoms with Crippen LogP contribution in [-0.2, 0) is 4.74 Å². The summed E-state index contributed by atoms with van der Waals surface area (Å²) in [6.07, 6.45) is 1.56. The Labute approximate surface area is 230 Å². The maximum atomic E-state index is 14.9. The number of hydrogen-bond donors (Lipinski definition) is 2. The summed E-state index contributed by atoms with van der Waals surface area (Å²) in [6.45, 7) is 7.15. The van der Waals surface area contributed by atoms with Gasteiger partial charge < -0.3 is 34.7 Å². The Kier molecular flexibility index (Phi) is 7.62. The second-order valence-corrected chi connectivity index (χ2v) is 9.91. The lowest BCUT2D eigenvalue weighted by atomic mass is 10.2. The number of hydrogen-bond acceptors (Lipinski definition) is 12. The lowest BCUT2D eigenvalue weighted by Crippen LogP contribution is -2.48. The Morgan fingerprint density at radius 3 is 2.80 bits per heavy atom. The van der Waals surface area contributed by atoms with Crippen molar-refractivity contribution in [3.8, 4) is 17.3 Å². The summed E-state index contributed by atoms with van der Waals surface area (Å²) in [5.74, 6) is 2.21. The van der Waals surface area contributed by atoms with Gasteiger partial charge in [0.05, 0.1) is 31.2 Å². The smallest absolute Gasteiger partial charge is 0.259 e. The molecule has 0 saturated carbocycles. The summed E-state index contributed by atoms with van der Waals surface area (Å²) in [7, 11) is 1.92. The summed E-state index contributed by atoms with van der Waals surface area (Å²) in [5.41, 5.74) is 6.73. The van der Waals surface area contributed by atoms with Crippen LogP contribution in [-0.4, -0.2) is 108 Å². The zero-order chi connectivity index (χ0) is 27.5. The molecule has 0 radical (unpaired) electrons. The van der Waals surface area contributed by atoms with Gasteiger partial charge in [-0.1, -0.05) is 0 Å². The van der Waals surface area contributed by atoms with Crippen molar-refractivity contribution in [1.29, 1.82) is 0 Å². The Hall–Kier alpha value is -4.01. The van der Waals surface area contributed by atoms with Gasteiger partial charge in [0.2, 0.25) is 17.7 Å². The van der Waals surface area contributed by atoms with E-state index in [1.807, 2.05) is 18.0 Å². The van der Waals surface area contributed by atoms with Crippen LogP contribution in [0.15, 0.2) is 41.0 Å². The number of morpholine rings is 1. The van der Waals surface area contributed by atoms with Crippen LogP contribution in [0.1, 0.15) is 0 Å². The van der Waals surface area contributed by atoms with Gasteiger partial charge in [-0.05, 0) is 24.3 Å². The van der Waals surface area contributed by atoms with Gasteiger partial charge in [-0.3, -0.25) is 4.90 Å². The van der Waals surface area contributed by atoms with Crippen LogP contribution in [0.3, 0.4) is 0 Å². The van der Waals surface area contributed by atoms with Crippen molar-refractivity contribution in [3.63, 3.8) is 0 Å². The zero-order valence-electron chi connectivity index (χ0n) is 22.4. The third-order valence-electron chi connectivity index (χ3n) is 7.14. The Morgan fingerprint density at radius 2 is 2.05 bits per heavy atom. The Balaban J connectivity index is 0.999. The molecule has 1 atom stereocenters. The number of nitrogens with one attached hydrogen (secondary N) is 1. The third kappa shape index (κ3) is 5.78. The topological polar surface area (TPSA) is 135 Å². The number of rotatable bonds is 9. The molecule has 3 N–H and O–H groups in total. The molecule has 0 spiro atoms. The molecule has 0 amide bonds. The largest absolute Gasteiger partial charge is 0.492 e. The van der Waals surface area contributed by atoms with Crippen LogP contribution in [0.25, 0.3) is 17.4 Å². The van der Waals surface area contributed by atoms with E-state index in [0.717, 1.165) is 39.3 Å². The van der Waals surface area contributed by atoms with Crippen LogP contribution < -0.4 is 25.6 Å². The molecule has 2 fully saturated rings. The van der Waals surface area contributed by atoms with Crippen molar-refractivity contribution in [3.05, 3.63) is 42.4 Å². The monoisotopic (exact) mass is 552 g/mol. The fraction of sp³-hybridized carbons (Fsp3) is 0.462. The summed E-state index contributed by atoms with van der Waals surface area (Å²) in [6, 6.07) is 8.77. The molecule has 14 heteroatoms. The number of ether oxygens (including phenoxy) is 2. The van der Waals surface area contributed by atoms with Crippen molar-refractivity contribution in [2.45, 2.75) is 6.04 Å². The van der Waals surface area contributed by atoms with E-state index in [1.165, 1.54) is 10.6 Å². The SMILES string of the molecule is CN(CCN1CCN(c2ccc(OCC3COCCN3)cc2F)CC1)c1nc(N)n2nc(-c3ccco3)nc2n1.